The van der Waals surface area contributed by atoms with Crippen molar-refractivity contribution in [1.29, 1.82) is 0 Å². The Morgan fingerprint density at radius 1 is 1.39 bits per heavy atom. The summed E-state index contributed by atoms with van der Waals surface area (Å²) in [4.78, 5) is 10.9. The van der Waals surface area contributed by atoms with Gasteiger partial charge < -0.3 is 11.1 Å². The summed E-state index contributed by atoms with van der Waals surface area (Å²) in [6.07, 6.45) is 3.41. The molecule has 0 radical (unpaired) electrons. The summed E-state index contributed by atoms with van der Waals surface area (Å²) in [5, 5.41) is 2.74. The Hall–Kier alpha value is -1.51. The topological polar surface area (TPSA) is 55.1 Å². The highest BCUT2D eigenvalue weighted by Gasteiger charge is 2.14. The molecule has 18 heavy (non-hydrogen) atoms. The summed E-state index contributed by atoms with van der Waals surface area (Å²) < 4.78 is 0. The number of benzene rings is 1. The zero-order valence-corrected chi connectivity index (χ0v) is 11.6. The Bertz CT molecular complexity index is 401. The van der Waals surface area contributed by atoms with E-state index in [0.717, 1.165) is 12.8 Å². The van der Waals surface area contributed by atoms with Crippen molar-refractivity contribution in [3.63, 3.8) is 0 Å². The number of urea groups is 1. The first kappa shape index (κ1) is 14.6. The largest absolute Gasteiger partial charge is 0.352 e. The molecular weight excluding hydrogens is 224 g/mol. The van der Waals surface area contributed by atoms with Gasteiger partial charge in [-0.05, 0) is 31.4 Å². The number of unbranched alkanes of at least 4 members (excludes halogenated alkanes) is 1. The van der Waals surface area contributed by atoms with Crippen LogP contribution in [-0.4, -0.2) is 12.6 Å². The summed E-state index contributed by atoms with van der Waals surface area (Å²) in [6, 6.07) is 6.05. The predicted octanol–water partition coefficient (Wildman–Crippen LogP) is 3.25. The minimum Gasteiger partial charge on any atom is -0.352 e. The zero-order valence-electron chi connectivity index (χ0n) is 11.6. The minimum absolute atomic E-state index is 0.359. The maximum Gasteiger partial charge on any atom is 0.312 e. The average Bonchev–Trinajstić information content (AvgIpc) is 2.32. The molecule has 0 fully saturated rings. The molecule has 3 nitrogen and oxygen atoms in total. The molecule has 0 heterocycles. The molecule has 1 aromatic rings. The van der Waals surface area contributed by atoms with E-state index in [1.54, 1.807) is 0 Å². The van der Waals surface area contributed by atoms with Crippen molar-refractivity contribution in [1.82, 2.24) is 5.32 Å². The van der Waals surface area contributed by atoms with Crippen LogP contribution in [0.5, 0.6) is 0 Å². The van der Waals surface area contributed by atoms with Crippen LogP contribution in [-0.2, 0) is 0 Å². The van der Waals surface area contributed by atoms with Gasteiger partial charge in [0.15, 0.2) is 0 Å². The van der Waals surface area contributed by atoms with Gasteiger partial charge in [0.1, 0.15) is 0 Å². The van der Waals surface area contributed by atoms with E-state index in [2.05, 4.69) is 44.3 Å². The summed E-state index contributed by atoms with van der Waals surface area (Å²) >= 11 is 0. The van der Waals surface area contributed by atoms with Crippen LogP contribution in [0.1, 0.15) is 48.8 Å². The first-order chi connectivity index (χ1) is 8.54. The van der Waals surface area contributed by atoms with Crippen molar-refractivity contribution in [2.45, 2.75) is 46.0 Å². The Balaban J connectivity index is 2.85. The van der Waals surface area contributed by atoms with Crippen LogP contribution in [0.15, 0.2) is 18.2 Å². The van der Waals surface area contributed by atoms with Gasteiger partial charge in [0, 0.05) is 12.5 Å². The van der Waals surface area contributed by atoms with Crippen molar-refractivity contribution >= 4 is 6.03 Å². The van der Waals surface area contributed by atoms with Gasteiger partial charge in [-0.2, -0.15) is 0 Å². The van der Waals surface area contributed by atoms with E-state index in [4.69, 9.17) is 5.73 Å². The fourth-order valence-electron chi connectivity index (χ4n) is 2.24. The number of nitrogens with two attached hydrogens (primary N) is 1. The Morgan fingerprint density at radius 2 is 2.11 bits per heavy atom. The van der Waals surface area contributed by atoms with Crippen molar-refractivity contribution in [3.05, 3.63) is 34.9 Å². The van der Waals surface area contributed by atoms with E-state index in [1.165, 1.54) is 23.1 Å². The number of carbonyl (C=O) groups excluding carboxylic acids is 1. The average molecular weight is 248 g/mol. The number of nitrogens with one attached hydrogen (secondary N) is 1. The maximum absolute atomic E-state index is 10.9. The third kappa shape index (κ3) is 4.40. The van der Waals surface area contributed by atoms with Crippen molar-refractivity contribution < 1.29 is 4.79 Å². The van der Waals surface area contributed by atoms with Gasteiger partial charge in [-0.1, -0.05) is 43.5 Å². The first-order valence-electron chi connectivity index (χ1n) is 6.65. The van der Waals surface area contributed by atoms with Crippen LogP contribution in [0.4, 0.5) is 4.79 Å². The van der Waals surface area contributed by atoms with E-state index in [-0.39, 0.29) is 0 Å². The molecule has 0 saturated carbocycles. The van der Waals surface area contributed by atoms with E-state index < -0.39 is 6.03 Å². The van der Waals surface area contributed by atoms with Crippen LogP contribution in [0.25, 0.3) is 0 Å². The molecule has 1 unspecified atom stereocenters. The molecule has 1 rings (SSSR count). The second kappa shape index (κ2) is 7.04. The van der Waals surface area contributed by atoms with Crippen LogP contribution in [0, 0.1) is 13.8 Å². The number of primary amides is 1. The molecule has 3 heteroatoms. The summed E-state index contributed by atoms with van der Waals surface area (Å²) in [5.41, 5.74) is 9.04. The molecule has 0 saturated heterocycles. The number of hydrogen-bond donors (Lipinski definition) is 2. The van der Waals surface area contributed by atoms with Gasteiger partial charge in [0.2, 0.25) is 0 Å². The van der Waals surface area contributed by atoms with Gasteiger partial charge in [-0.3, -0.25) is 0 Å². The Morgan fingerprint density at radius 3 is 2.72 bits per heavy atom. The van der Waals surface area contributed by atoms with Crippen LogP contribution in [0.2, 0.25) is 0 Å². The molecule has 0 bridgehead atoms. The van der Waals surface area contributed by atoms with Crippen LogP contribution >= 0.6 is 0 Å². The smallest absolute Gasteiger partial charge is 0.312 e. The van der Waals surface area contributed by atoms with Gasteiger partial charge >= 0.3 is 6.03 Å². The van der Waals surface area contributed by atoms with Crippen molar-refractivity contribution in [2.24, 2.45) is 5.73 Å². The lowest BCUT2D eigenvalue weighted by Gasteiger charge is -2.20. The lowest BCUT2D eigenvalue weighted by Crippen LogP contribution is -2.33. The van der Waals surface area contributed by atoms with Gasteiger partial charge in [-0.15, -0.1) is 0 Å². The fraction of sp³-hybridized carbons (Fsp3) is 0.533. The third-order valence-electron chi connectivity index (χ3n) is 3.30. The molecule has 0 aliphatic rings. The molecule has 2 amide bonds. The summed E-state index contributed by atoms with van der Waals surface area (Å²) in [6.45, 7) is 7.03. The highest BCUT2D eigenvalue weighted by atomic mass is 16.2. The van der Waals surface area contributed by atoms with Crippen LogP contribution < -0.4 is 11.1 Å². The molecule has 0 aliphatic carbocycles. The molecule has 0 spiro atoms. The first-order valence-corrected chi connectivity index (χ1v) is 6.65. The number of amides is 2. The number of carbonyl (C=O) groups is 1. The highest BCUT2D eigenvalue weighted by molar-refractivity contribution is 5.71. The minimum atomic E-state index is -0.443. The normalized spacial score (nSPS) is 12.2. The highest BCUT2D eigenvalue weighted by Crippen LogP contribution is 2.25. The quantitative estimate of drug-likeness (QED) is 0.797. The van der Waals surface area contributed by atoms with E-state index in [1.807, 2.05) is 0 Å². The van der Waals surface area contributed by atoms with Crippen LogP contribution in [0.3, 0.4) is 0 Å². The molecule has 0 aliphatic heterocycles. The van der Waals surface area contributed by atoms with Crippen molar-refractivity contribution in [2.75, 3.05) is 6.54 Å². The van der Waals surface area contributed by atoms with Gasteiger partial charge in [-0.25, -0.2) is 4.79 Å². The SMILES string of the molecule is CCCCC(CNC(N)=O)c1cc(C)ccc1C. The monoisotopic (exact) mass is 248 g/mol. The van der Waals surface area contributed by atoms with Crippen molar-refractivity contribution in [3.8, 4) is 0 Å². The van der Waals surface area contributed by atoms with Gasteiger partial charge in [0.05, 0.1) is 0 Å². The molecule has 3 N–H and O–H groups in total. The van der Waals surface area contributed by atoms with Gasteiger partial charge in [0.25, 0.3) is 0 Å². The molecule has 1 aromatic carbocycles. The fourth-order valence-corrected chi connectivity index (χ4v) is 2.24. The molecule has 100 valence electrons. The maximum atomic E-state index is 10.9. The van der Waals surface area contributed by atoms with E-state index in [9.17, 15) is 4.79 Å². The summed E-state index contributed by atoms with van der Waals surface area (Å²) in [5.74, 6) is 0.359. The third-order valence-corrected chi connectivity index (χ3v) is 3.30. The number of rotatable bonds is 6. The van der Waals surface area contributed by atoms with E-state index in [0.29, 0.717) is 12.5 Å². The number of aryl methyl sites for hydroxylation is 2. The summed E-state index contributed by atoms with van der Waals surface area (Å²) in [7, 11) is 0. The predicted molar refractivity (Wildman–Crippen MR) is 75.8 cm³/mol. The molecular formula is C15H24N2O. The Kier molecular flexibility index (Phi) is 5.69. The number of hydrogen-bond acceptors (Lipinski definition) is 1. The van der Waals surface area contributed by atoms with E-state index >= 15 is 0 Å². The molecule has 1 atom stereocenters. The second-order valence-electron chi connectivity index (χ2n) is 4.94. The lowest BCUT2D eigenvalue weighted by atomic mass is 9.89. The zero-order chi connectivity index (χ0) is 13.5. The second-order valence-corrected chi connectivity index (χ2v) is 4.94. The lowest BCUT2D eigenvalue weighted by molar-refractivity contribution is 0.248. The standard InChI is InChI=1S/C15H24N2O/c1-4-5-6-13(10-17-15(16)18)14-9-11(2)7-8-12(14)3/h7-9,13H,4-6,10H2,1-3H3,(H3,16,17,18). The molecule has 0 aromatic heterocycles. The Labute approximate surface area is 110 Å².